The Labute approximate surface area is 70.1 Å². The van der Waals surface area contributed by atoms with Gasteiger partial charge < -0.3 is 4.74 Å². The topological polar surface area (TPSA) is 38.3 Å². The first kappa shape index (κ1) is 11.3. The quantitative estimate of drug-likeness (QED) is 0.637. The lowest BCUT2D eigenvalue weighted by Crippen LogP contribution is -2.38. The van der Waals surface area contributed by atoms with E-state index in [9.17, 15) is 13.6 Å². The lowest BCUT2D eigenvalue weighted by atomic mass is 10.3. The van der Waals surface area contributed by atoms with Crippen molar-refractivity contribution in [3.05, 3.63) is 0 Å². The minimum atomic E-state index is -2.44. The molecule has 1 atom stereocenters. The lowest BCUT2D eigenvalue weighted by Gasteiger charge is -2.11. The molecule has 0 spiro atoms. The van der Waals surface area contributed by atoms with Crippen LogP contribution in [0.1, 0.15) is 13.8 Å². The Bertz CT molecular complexity index is 141. The molecule has 0 aromatic rings. The van der Waals surface area contributed by atoms with Crippen molar-refractivity contribution >= 4 is 5.97 Å². The minimum absolute atomic E-state index is 0.263. The van der Waals surface area contributed by atoms with Crippen LogP contribution >= 0.6 is 0 Å². The average Bonchev–Trinajstić information content (AvgIpc) is 2.00. The van der Waals surface area contributed by atoms with Crippen LogP contribution < -0.4 is 5.32 Å². The van der Waals surface area contributed by atoms with Gasteiger partial charge in [0.2, 0.25) is 0 Å². The highest BCUT2D eigenvalue weighted by Gasteiger charge is 2.14. The molecule has 72 valence electrons. The molecule has 0 aliphatic rings. The fourth-order valence-corrected chi connectivity index (χ4v) is 0.616. The molecule has 0 aliphatic heterocycles. The predicted molar refractivity (Wildman–Crippen MR) is 40.1 cm³/mol. The van der Waals surface area contributed by atoms with Gasteiger partial charge in [0, 0.05) is 0 Å². The van der Waals surface area contributed by atoms with Crippen LogP contribution in [0.3, 0.4) is 0 Å². The Hall–Kier alpha value is -0.710. The fraction of sp³-hybridized carbons (Fsp3) is 0.857. The molecule has 0 aromatic heterocycles. The van der Waals surface area contributed by atoms with E-state index in [1.165, 1.54) is 6.92 Å². The molecule has 1 N–H and O–H groups in total. The van der Waals surface area contributed by atoms with E-state index in [0.717, 1.165) is 0 Å². The first-order chi connectivity index (χ1) is 5.57. The van der Waals surface area contributed by atoms with Crippen LogP contribution in [0.4, 0.5) is 8.78 Å². The Morgan fingerprint density at radius 1 is 1.58 bits per heavy atom. The fourth-order valence-electron chi connectivity index (χ4n) is 0.616. The number of carbonyl (C=O) groups is 1. The van der Waals surface area contributed by atoms with Gasteiger partial charge in [-0.2, -0.15) is 0 Å². The molecule has 0 aliphatic carbocycles. The largest absolute Gasteiger partial charge is 0.465 e. The zero-order chi connectivity index (χ0) is 9.56. The molecular weight excluding hydrogens is 168 g/mol. The van der Waals surface area contributed by atoms with Gasteiger partial charge in [0.15, 0.2) is 0 Å². The van der Waals surface area contributed by atoms with Crippen LogP contribution in [0.25, 0.3) is 0 Å². The maximum absolute atomic E-state index is 11.6. The summed E-state index contributed by atoms with van der Waals surface area (Å²) in [6, 6.07) is -0.668. The van der Waals surface area contributed by atoms with Gasteiger partial charge >= 0.3 is 5.97 Å². The number of hydrogen-bond acceptors (Lipinski definition) is 3. The van der Waals surface area contributed by atoms with Gasteiger partial charge in [-0.1, -0.05) is 0 Å². The van der Waals surface area contributed by atoms with E-state index in [0.29, 0.717) is 0 Å². The highest BCUT2D eigenvalue weighted by atomic mass is 19.3. The molecule has 0 saturated heterocycles. The number of nitrogens with one attached hydrogen (secondary N) is 1. The smallest absolute Gasteiger partial charge is 0.322 e. The Morgan fingerprint density at radius 3 is 2.58 bits per heavy atom. The molecule has 1 unspecified atom stereocenters. The number of esters is 1. The van der Waals surface area contributed by atoms with E-state index in [1.54, 1.807) is 6.92 Å². The van der Waals surface area contributed by atoms with E-state index in [4.69, 9.17) is 0 Å². The van der Waals surface area contributed by atoms with Crippen molar-refractivity contribution in [1.82, 2.24) is 5.32 Å². The van der Waals surface area contributed by atoms with Gasteiger partial charge in [-0.3, -0.25) is 10.1 Å². The van der Waals surface area contributed by atoms with Gasteiger partial charge in [0.25, 0.3) is 6.43 Å². The zero-order valence-electron chi connectivity index (χ0n) is 7.14. The number of rotatable bonds is 5. The van der Waals surface area contributed by atoms with Crippen LogP contribution in [-0.2, 0) is 9.53 Å². The van der Waals surface area contributed by atoms with Crippen molar-refractivity contribution in [2.45, 2.75) is 26.3 Å². The summed E-state index contributed by atoms with van der Waals surface area (Å²) < 4.78 is 27.8. The number of hydrogen-bond donors (Lipinski definition) is 1. The molecule has 3 nitrogen and oxygen atoms in total. The molecule has 0 amide bonds. The summed E-state index contributed by atoms with van der Waals surface area (Å²) in [4.78, 5) is 10.8. The summed E-state index contributed by atoms with van der Waals surface area (Å²) in [5.41, 5.74) is 0. The Morgan fingerprint density at radius 2 is 2.17 bits per heavy atom. The zero-order valence-corrected chi connectivity index (χ0v) is 7.14. The molecule has 0 bridgehead atoms. The van der Waals surface area contributed by atoms with Gasteiger partial charge in [-0.25, -0.2) is 8.78 Å². The Balaban J connectivity index is 3.56. The van der Waals surface area contributed by atoms with Gasteiger partial charge in [-0.15, -0.1) is 0 Å². The van der Waals surface area contributed by atoms with Crippen molar-refractivity contribution in [3.63, 3.8) is 0 Å². The SMILES string of the molecule is CCOC(=O)C(C)NCC(F)F. The highest BCUT2D eigenvalue weighted by molar-refractivity contribution is 5.75. The second kappa shape index (κ2) is 5.88. The summed E-state index contributed by atoms with van der Waals surface area (Å²) >= 11 is 0. The average molecular weight is 181 g/mol. The summed E-state index contributed by atoms with van der Waals surface area (Å²) in [7, 11) is 0. The molecule has 0 fully saturated rings. The maximum Gasteiger partial charge on any atom is 0.322 e. The van der Waals surface area contributed by atoms with E-state index in [-0.39, 0.29) is 6.61 Å². The van der Waals surface area contributed by atoms with Crippen LogP contribution in [0.15, 0.2) is 0 Å². The third-order valence-corrected chi connectivity index (χ3v) is 1.22. The number of alkyl halides is 2. The summed E-state index contributed by atoms with van der Waals surface area (Å²) in [6.07, 6.45) is -2.44. The van der Waals surface area contributed by atoms with Gasteiger partial charge in [0.05, 0.1) is 13.2 Å². The second-order valence-electron chi connectivity index (χ2n) is 2.27. The monoisotopic (exact) mass is 181 g/mol. The van der Waals surface area contributed by atoms with E-state index < -0.39 is 25.0 Å². The molecule has 0 rings (SSSR count). The number of halogens is 2. The first-order valence-electron chi connectivity index (χ1n) is 3.76. The standard InChI is InChI=1S/C7H13F2NO2/c1-3-12-7(11)5(2)10-4-6(8)9/h5-6,10H,3-4H2,1-2H3. The van der Waals surface area contributed by atoms with Crippen LogP contribution in [0.5, 0.6) is 0 Å². The van der Waals surface area contributed by atoms with Crippen LogP contribution in [-0.4, -0.2) is 31.6 Å². The van der Waals surface area contributed by atoms with Gasteiger partial charge in [0.1, 0.15) is 6.04 Å². The van der Waals surface area contributed by atoms with E-state index >= 15 is 0 Å². The molecule has 0 saturated carbocycles. The molecule has 5 heteroatoms. The van der Waals surface area contributed by atoms with Crippen molar-refractivity contribution in [2.75, 3.05) is 13.2 Å². The molecule has 12 heavy (non-hydrogen) atoms. The first-order valence-corrected chi connectivity index (χ1v) is 3.76. The summed E-state index contributed by atoms with van der Waals surface area (Å²) in [6.45, 7) is 2.93. The highest BCUT2D eigenvalue weighted by Crippen LogP contribution is 1.92. The Kier molecular flexibility index (Phi) is 5.53. The number of ether oxygens (including phenoxy) is 1. The molecule has 0 heterocycles. The second-order valence-corrected chi connectivity index (χ2v) is 2.27. The maximum atomic E-state index is 11.6. The van der Waals surface area contributed by atoms with E-state index in [1.807, 2.05) is 0 Å². The lowest BCUT2D eigenvalue weighted by molar-refractivity contribution is -0.145. The van der Waals surface area contributed by atoms with Crippen molar-refractivity contribution in [3.8, 4) is 0 Å². The third kappa shape index (κ3) is 5.01. The minimum Gasteiger partial charge on any atom is -0.465 e. The van der Waals surface area contributed by atoms with Crippen LogP contribution in [0, 0.1) is 0 Å². The normalized spacial score (nSPS) is 13.1. The van der Waals surface area contributed by atoms with Gasteiger partial charge in [-0.05, 0) is 13.8 Å². The summed E-state index contributed by atoms with van der Waals surface area (Å²) in [5.74, 6) is -0.502. The van der Waals surface area contributed by atoms with Crippen molar-refractivity contribution in [2.24, 2.45) is 0 Å². The van der Waals surface area contributed by atoms with Crippen molar-refractivity contribution in [1.29, 1.82) is 0 Å². The molecule has 0 aromatic carbocycles. The molecule has 0 radical (unpaired) electrons. The number of carbonyl (C=O) groups excluding carboxylic acids is 1. The summed E-state index contributed by atoms with van der Waals surface area (Å²) in [5, 5.41) is 2.34. The molecular formula is C7H13F2NO2. The van der Waals surface area contributed by atoms with Crippen LogP contribution in [0.2, 0.25) is 0 Å². The predicted octanol–water partition coefficient (Wildman–Crippen LogP) is 0.793. The third-order valence-electron chi connectivity index (χ3n) is 1.22. The van der Waals surface area contributed by atoms with E-state index in [2.05, 4.69) is 10.1 Å². The van der Waals surface area contributed by atoms with Crippen molar-refractivity contribution < 1.29 is 18.3 Å².